The number of carbonyl (C=O) groups is 2. The molecule has 3 rings (SSSR count). The first-order valence-corrected chi connectivity index (χ1v) is 6.32. The Balaban J connectivity index is 1.90. The summed E-state index contributed by atoms with van der Waals surface area (Å²) in [4.78, 5) is 26.0. The van der Waals surface area contributed by atoms with E-state index in [4.69, 9.17) is 0 Å². The molecule has 0 radical (unpaired) electrons. The van der Waals surface area contributed by atoms with Gasteiger partial charge in [0.2, 0.25) is 0 Å². The molecule has 0 aromatic heterocycles. The summed E-state index contributed by atoms with van der Waals surface area (Å²) in [6.45, 7) is 3.96. The predicted molar refractivity (Wildman–Crippen MR) is 68.3 cm³/mol. The molecule has 0 saturated heterocycles. The molecule has 92 valence electrons. The van der Waals surface area contributed by atoms with E-state index in [0.29, 0.717) is 11.1 Å². The van der Waals surface area contributed by atoms with Crippen LogP contribution in [-0.2, 0) is 0 Å². The van der Waals surface area contributed by atoms with Gasteiger partial charge in [0.05, 0.1) is 11.1 Å². The van der Waals surface area contributed by atoms with E-state index in [1.165, 1.54) is 10.5 Å². The number of amides is 2. The fraction of sp³-hybridized carbons (Fsp3) is 0.333. The molecule has 0 atom stereocenters. The number of nitrogens with zero attached hydrogens (tertiary/aromatic N) is 1. The molecule has 0 unspecified atom stereocenters. The van der Waals surface area contributed by atoms with Gasteiger partial charge in [0.25, 0.3) is 11.8 Å². The second-order valence-corrected chi connectivity index (χ2v) is 5.01. The van der Waals surface area contributed by atoms with Gasteiger partial charge in [-0.2, -0.15) is 0 Å². The second kappa shape index (κ2) is 4.09. The van der Waals surface area contributed by atoms with Gasteiger partial charge < -0.3 is 0 Å². The van der Waals surface area contributed by atoms with Crippen molar-refractivity contribution in [3.8, 4) is 0 Å². The van der Waals surface area contributed by atoms with Crippen molar-refractivity contribution in [3.05, 3.63) is 47.5 Å². The van der Waals surface area contributed by atoms with Crippen LogP contribution < -0.4 is 0 Å². The number of rotatable bonds is 1. The van der Waals surface area contributed by atoms with Crippen LogP contribution in [0.25, 0.3) is 0 Å². The number of benzene rings is 1. The van der Waals surface area contributed by atoms with E-state index >= 15 is 0 Å². The average Bonchev–Trinajstić information content (AvgIpc) is 2.64. The van der Waals surface area contributed by atoms with E-state index in [9.17, 15) is 9.59 Å². The van der Waals surface area contributed by atoms with Gasteiger partial charge in [-0.15, -0.1) is 0 Å². The molecule has 0 bridgehead atoms. The van der Waals surface area contributed by atoms with Crippen LogP contribution in [0.5, 0.6) is 0 Å². The molecular weight excluding hydrogens is 226 g/mol. The smallest absolute Gasteiger partial charge is 0.261 e. The molecule has 1 aromatic rings. The third kappa shape index (κ3) is 1.58. The lowest BCUT2D eigenvalue weighted by Gasteiger charge is -2.30. The number of imide groups is 1. The van der Waals surface area contributed by atoms with Gasteiger partial charge in [0.1, 0.15) is 0 Å². The van der Waals surface area contributed by atoms with E-state index in [0.717, 1.165) is 25.7 Å². The van der Waals surface area contributed by atoms with Crippen LogP contribution in [-0.4, -0.2) is 22.8 Å². The van der Waals surface area contributed by atoms with Crippen molar-refractivity contribution in [3.63, 3.8) is 0 Å². The highest BCUT2D eigenvalue weighted by Gasteiger charge is 2.39. The summed E-state index contributed by atoms with van der Waals surface area (Å²) in [7, 11) is 0. The van der Waals surface area contributed by atoms with E-state index in [2.05, 4.69) is 6.58 Å². The van der Waals surface area contributed by atoms with Crippen molar-refractivity contribution in [1.29, 1.82) is 0 Å². The maximum atomic E-state index is 12.3. The Morgan fingerprint density at radius 3 is 2.00 bits per heavy atom. The van der Waals surface area contributed by atoms with E-state index in [1.807, 2.05) is 0 Å². The molecule has 3 heteroatoms. The van der Waals surface area contributed by atoms with E-state index in [-0.39, 0.29) is 17.9 Å². The Labute approximate surface area is 106 Å². The Morgan fingerprint density at radius 1 is 1.00 bits per heavy atom. The third-order valence-corrected chi connectivity index (χ3v) is 3.85. The molecule has 2 amide bonds. The lowest BCUT2D eigenvalue weighted by Crippen LogP contribution is -2.41. The summed E-state index contributed by atoms with van der Waals surface area (Å²) in [5.41, 5.74) is 2.32. The minimum Gasteiger partial charge on any atom is -0.271 e. The molecule has 0 spiro atoms. The van der Waals surface area contributed by atoms with Crippen LogP contribution in [0.2, 0.25) is 0 Å². The highest BCUT2D eigenvalue weighted by atomic mass is 16.2. The van der Waals surface area contributed by atoms with Crippen molar-refractivity contribution in [2.75, 3.05) is 0 Å². The van der Waals surface area contributed by atoms with Crippen molar-refractivity contribution >= 4 is 11.8 Å². The zero-order valence-electron chi connectivity index (χ0n) is 10.2. The molecule has 1 saturated carbocycles. The first-order valence-electron chi connectivity index (χ1n) is 6.32. The van der Waals surface area contributed by atoms with Crippen molar-refractivity contribution < 1.29 is 9.59 Å². The van der Waals surface area contributed by atoms with Crippen molar-refractivity contribution in [2.45, 2.75) is 31.7 Å². The first-order chi connectivity index (χ1) is 8.68. The second-order valence-electron chi connectivity index (χ2n) is 5.01. The Morgan fingerprint density at radius 2 is 1.50 bits per heavy atom. The monoisotopic (exact) mass is 241 g/mol. The minimum atomic E-state index is -0.131. The van der Waals surface area contributed by atoms with Crippen LogP contribution in [0, 0.1) is 0 Å². The number of hydrogen-bond donors (Lipinski definition) is 0. The SMILES string of the molecule is C=C1CCC(N2C(=O)c3ccccc3C2=O)CC1. The highest BCUT2D eigenvalue weighted by Crippen LogP contribution is 2.32. The molecular formula is C15H15NO2. The maximum absolute atomic E-state index is 12.3. The molecule has 18 heavy (non-hydrogen) atoms. The summed E-state index contributed by atoms with van der Waals surface area (Å²) >= 11 is 0. The van der Waals surface area contributed by atoms with Gasteiger partial charge in [-0.1, -0.05) is 24.3 Å². The Kier molecular flexibility index (Phi) is 2.54. The van der Waals surface area contributed by atoms with Gasteiger partial charge in [-0.25, -0.2) is 0 Å². The Bertz CT molecular complexity index is 502. The van der Waals surface area contributed by atoms with Gasteiger partial charge in [-0.05, 0) is 37.8 Å². The number of hydrogen-bond acceptors (Lipinski definition) is 2. The topological polar surface area (TPSA) is 37.4 Å². The summed E-state index contributed by atoms with van der Waals surface area (Å²) in [6, 6.07) is 7.11. The lowest BCUT2D eigenvalue weighted by atomic mass is 9.91. The van der Waals surface area contributed by atoms with Gasteiger partial charge in [-0.3, -0.25) is 14.5 Å². The third-order valence-electron chi connectivity index (χ3n) is 3.85. The predicted octanol–water partition coefficient (Wildman–Crippen LogP) is 2.78. The molecule has 0 N–H and O–H groups in total. The summed E-state index contributed by atoms with van der Waals surface area (Å²) in [6.07, 6.45) is 3.53. The summed E-state index contributed by atoms with van der Waals surface area (Å²) in [5.74, 6) is -0.263. The largest absolute Gasteiger partial charge is 0.271 e. The van der Waals surface area contributed by atoms with Crippen molar-refractivity contribution in [1.82, 2.24) is 4.90 Å². The van der Waals surface area contributed by atoms with E-state index < -0.39 is 0 Å². The molecule has 1 aliphatic heterocycles. The summed E-state index contributed by atoms with van der Waals surface area (Å²) in [5, 5.41) is 0. The van der Waals surface area contributed by atoms with Crippen LogP contribution in [0.1, 0.15) is 46.4 Å². The fourth-order valence-electron chi connectivity index (χ4n) is 2.81. The zero-order chi connectivity index (χ0) is 12.7. The highest BCUT2D eigenvalue weighted by molar-refractivity contribution is 6.21. The van der Waals surface area contributed by atoms with E-state index in [1.54, 1.807) is 24.3 Å². The van der Waals surface area contributed by atoms with Crippen LogP contribution in [0.4, 0.5) is 0 Å². The van der Waals surface area contributed by atoms with Gasteiger partial charge in [0, 0.05) is 6.04 Å². The molecule has 1 aliphatic carbocycles. The van der Waals surface area contributed by atoms with Crippen molar-refractivity contribution in [2.24, 2.45) is 0 Å². The fourth-order valence-corrected chi connectivity index (χ4v) is 2.81. The number of allylic oxidation sites excluding steroid dienone is 1. The molecule has 1 aromatic carbocycles. The van der Waals surface area contributed by atoms with Gasteiger partial charge in [0.15, 0.2) is 0 Å². The molecule has 1 heterocycles. The standard InChI is InChI=1S/C15H15NO2/c1-10-6-8-11(9-7-10)16-14(17)12-4-2-3-5-13(12)15(16)18/h2-5,11H,1,6-9H2. The molecule has 1 fully saturated rings. The average molecular weight is 241 g/mol. The quantitative estimate of drug-likeness (QED) is 0.560. The first kappa shape index (κ1) is 11.2. The number of carbonyl (C=O) groups excluding carboxylic acids is 2. The number of fused-ring (bicyclic) bond motifs is 1. The molecule has 2 aliphatic rings. The Hall–Kier alpha value is -1.90. The summed E-state index contributed by atoms with van der Waals surface area (Å²) < 4.78 is 0. The van der Waals surface area contributed by atoms with Crippen LogP contribution in [0.3, 0.4) is 0 Å². The minimum absolute atomic E-state index is 0.0444. The molecule has 3 nitrogen and oxygen atoms in total. The van der Waals surface area contributed by atoms with Gasteiger partial charge >= 0.3 is 0 Å². The maximum Gasteiger partial charge on any atom is 0.261 e. The lowest BCUT2D eigenvalue weighted by molar-refractivity contribution is 0.0559. The van der Waals surface area contributed by atoms with Crippen LogP contribution in [0.15, 0.2) is 36.4 Å². The van der Waals surface area contributed by atoms with Crippen LogP contribution >= 0.6 is 0 Å². The normalized spacial score (nSPS) is 20.4. The zero-order valence-corrected chi connectivity index (χ0v) is 10.2.